The molecule has 2 unspecified atom stereocenters. The van der Waals surface area contributed by atoms with Crippen molar-refractivity contribution in [3.8, 4) is 0 Å². The van der Waals surface area contributed by atoms with E-state index < -0.39 is 27.3 Å². The van der Waals surface area contributed by atoms with Crippen LogP contribution in [0.3, 0.4) is 0 Å². The second kappa shape index (κ2) is 5.30. The molecule has 0 aliphatic carbocycles. The minimum atomic E-state index is -3.31. The first-order chi connectivity index (χ1) is 8.60. The van der Waals surface area contributed by atoms with Crippen LogP contribution in [0.1, 0.15) is 25.8 Å². The molecule has 6 heteroatoms. The van der Waals surface area contributed by atoms with E-state index in [4.69, 9.17) is 5.11 Å². The van der Waals surface area contributed by atoms with Crippen LogP contribution in [0, 0.1) is 5.92 Å². The smallest absolute Gasteiger partial charge is 0.309 e. The Morgan fingerprint density at radius 3 is 2.11 bits per heavy atom. The van der Waals surface area contributed by atoms with Gasteiger partial charge in [-0.1, -0.05) is 19.1 Å². The fourth-order valence-electron chi connectivity index (χ4n) is 2.05. The van der Waals surface area contributed by atoms with Gasteiger partial charge < -0.3 is 10.2 Å². The lowest BCUT2D eigenvalue weighted by Crippen LogP contribution is -2.36. The first kappa shape index (κ1) is 15.7. The Kier molecular flexibility index (Phi) is 4.37. The Balaban J connectivity index is 3.19. The van der Waals surface area contributed by atoms with Gasteiger partial charge in [-0.2, -0.15) is 0 Å². The van der Waals surface area contributed by atoms with Crippen LogP contribution in [0.2, 0.25) is 0 Å². The summed E-state index contributed by atoms with van der Waals surface area (Å²) in [7, 11) is -3.31. The molecule has 0 aliphatic rings. The molecule has 19 heavy (non-hydrogen) atoms. The Morgan fingerprint density at radius 1 is 1.32 bits per heavy atom. The minimum Gasteiger partial charge on any atom is -0.481 e. The maximum absolute atomic E-state index is 11.3. The number of hydrogen-bond donors (Lipinski definition) is 2. The number of rotatable bonds is 5. The number of carbonyl (C=O) groups is 1. The first-order valence-corrected chi connectivity index (χ1v) is 7.75. The third kappa shape index (κ3) is 3.33. The maximum Gasteiger partial charge on any atom is 0.309 e. The predicted molar refractivity (Wildman–Crippen MR) is 70.5 cm³/mol. The van der Waals surface area contributed by atoms with Crippen LogP contribution < -0.4 is 0 Å². The van der Waals surface area contributed by atoms with E-state index in [0.29, 0.717) is 5.56 Å². The van der Waals surface area contributed by atoms with Crippen molar-refractivity contribution >= 4 is 15.8 Å². The van der Waals surface area contributed by atoms with Crippen molar-refractivity contribution in [1.29, 1.82) is 0 Å². The lowest BCUT2D eigenvalue weighted by atomic mass is 9.81. The number of aliphatic hydroxyl groups is 1. The highest BCUT2D eigenvalue weighted by Gasteiger charge is 2.37. The van der Waals surface area contributed by atoms with Crippen molar-refractivity contribution in [3.63, 3.8) is 0 Å². The topological polar surface area (TPSA) is 91.7 Å². The van der Waals surface area contributed by atoms with E-state index in [9.17, 15) is 18.3 Å². The zero-order chi connectivity index (χ0) is 14.8. The van der Waals surface area contributed by atoms with Crippen LogP contribution >= 0.6 is 0 Å². The Morgan fingerprint density at radius 2 is 1.79 bits per heavy atom. The summed E-state index contributed by atoms with van der Waals surface area (Å²) in [4.78, 5) is 11.3. The summed E-state index contributed by atoms with van der Waals surface area (Å²) >= 11 is 0. The van der Waals surface area contributed by atoms with Gasteiger partial charge in [0.2, 0.25) is 0 Å². The van der Waals surface area contributed by atoms with Crippen LogP contribution in [0.4, 0.5) is 0 Å². The molecule has 0 fully saturated rings. The summed E-state index contributed by atoms with van der Waals surface area (Å²) < 4.78 is 22.7. The fraction of sp³-hybridized carbons (Fsp3) is 0.462. The van der Waals surface area contributed by atoms with Crippen LogP contribution in [-0.4, -0.2) is 30.9 Å². The molecule has 0 amide bonds. The van der Waals surface area contributed by atoms with E-state index in [1.54, 1.807) is 6.92 Å². The van der Waals surface area contributed by atoms with Crippen molar-refractivity contribution < 1.29 is 23.4 Å². The average molecular weight is 286 g/mol. The summed E-state index contributed by atoms with van der Waals surface area (Å²) in [6.07, 6.45) is 1.36. The molecule has 2 N–H and O–H groups in total. The molecule has 0 saturated heterocycles. The molecule has 5 nitrogen and oxygen atoms in total. The normalized spacial score (nSPS) is 16.6. The second-order valence-electron chi connectivity index (χ2n) is 4.74. The van der Waals surface area contributed by atoms with Gasteiger partial charge in [-0.05, 0) is 31.0 Å². The van der Waals surface area contributed by atoms with Gasteiger partial charge in [0.1, 0.15) is 5.60 Å². The number of carboxylic acid groups (broad SMARTS) is 1. The molecular weight excluding hydrogens is 268 g/mol. The third-order valence-electron chi connectivity index (χ3n) is 3.25. The van der Waals surface area contributed by atoms with Crippen molar-refractivity contribution in [2.24, 2.45) is 5.92 Å². The molecule has 2 atom stereocenters. The van der Waals surface area contributed by atoms with Crippen molar-refractivity contribution in [3.05, 3.63) is 29.8 Å². The van der Waals surface area contributed by atoms with Gasteiger partial charge in [0.15, 0.2) is 9.84 Å². The fourth-order valence-corrected chi connectivity index (χ4v) is 2.68. The molecule has 0 saturated carbocycles. The summed E-state index contributed by atoms with van der Waals surface area (Å²) in [5, 5.41) is 19.5. The van der Waals surface area contributed by atoms with E-state index in [0.717, 1.165) is 6.26 Å². The number of hydrogen-bond acceptors (Lipinski definition) is 4. The molecule has 0 aliphatic heterocycles. The van der Waals surface area contributed by atoms with E-state index in [2.05, 4.69) is 0 Å². The standard InChI is InChI=1S/C13H18O5S/c1-4-11(12(14)15)13(2,16)9-5-7-10(8-6-9)19(3,17)18/h5-8,11,16H,4H2,1-3H3,(H,14,15). The largest absolute Gasteiger partial charge is 0.481 e. The van der Waals surface area contributed by atoms with Gasteiger partial charge in [0, 0.05) is 6.26 Å². The zero-order valence-corrected chi connectivity index (χ0v) is 11.9. The number of aliphatic carboxylic acids is 1. The molecule has 0 aromatic heterocycles. The number of sulfone groups is 1. The van der Waals surface area contributed by atoms with Crippen LogP contribution in [-0.2, 0) is 20.2 Å². The molecular formula is C13H18O5S. The van der Waals surface area contributed by atoms with Gasteiger partial charge in [-0.25, -0.2) is 8.42 Å². The Labute approximate surface area is 112 Å². The van der Waals surface area contributed by atoms with Gasteiger partial charge in [0.25, 0.3) is 0 Å². The highest BCUT2D eigenvalue weighted by Crippen LogP contribution is 2.32. The van der Waals surface area contributed by atoms with Gasteiger partial charge in [-0.3, -0.25) is 4.79 Å². The Bertz CT molecular complexity index is 557. The number of benzene rings is 1. The zero-order valence-electron chi connectivity index (χ0n) is 11.1. The summed E-state index contributed by atoms with van der Waals surface area (Å²) in [5.41, 5.74) is -1.16. The first-order valence-electron chi connectivity index (χ1n) is 5.86. The van der Waals surface area contributed by atoms with E-state index in [-0.39, 0.29) is 11.3 Å². The highest BCUT2D eigenvalue weighted by atomic mass is 32.2. The lowest BCUT2D eigenvalue weighted by molar-refractivity contribution is -0.152. The minimum absolute atomic E-state index is 0.135. The van der Waals surface area contributed by atoms with Crippen LogP contribution in [0.25, 0.3) is 0 Å². The van der Waals surface area contributed by atoms with Crippen molar-refractivity contribution in [1.82, 2.24) is 0 Å². The second-order valence-corrected chi connectivity index (χ2v) is 6.76. The summed E-state index contributed by atoms with van der Waals surface area (Å²) in [6, 6.07) is 5.63. The van der Waals surface area contributed by atoms with E-state index >= 15 is 0 Å². The molecule has 106 valence electrons. The summed E-state index contributed by atoms with van der Waals surface area (Å²) in [6.45, 7) is 3.10. The van der Waals surface area contributed by atoms with Crippen LogP contribution in [0.15, 0.2) is 29.2 Å². The van der Waals surface area contributed by atoms with Crippen LogP contribution in [0.5, 0.6) is 0 Å². The average Bonchev–Trinajstić information content (AvgIpc) is 2.28. The Hall–Kier alpha value is -1.40. The molecule has 1 rings (SSSR count). The maximum atomic E-state index is 11.3. The molecule has 0 bridgehead atoms. The van der Waals surface area contributed by atoms with E-state index in [1.165, 1.54) is 31.2 Å². The van der Waals surface area contributed by atoms with Crippen molar-refractivity contribution in [2.75, 3.05) is 6.26 Å². The molecule has 0 spiro atoms. The summed E-state index contributed by atoms with van der Waals surface area (Å²) in [5.74, 6) is -2.03. The molecule has 0 radical (unpaired) electrons. The predicted octanol–water partition coefficient (Wildman–Crippen LogP) is 1.41. The molecule has 1 aromatic carbocycles. The third-order valence-corrected chi connectivity index (χ3v) is 4.38. The van der Waals surface area contributed by atoms with Gasteiger partial charge in [-0.15, -0.1) is 0 Å². The quantitative estimate of drug-likeness (QED) is 0.854. The number of carboxylic acids is 1. The lowest BCUT2D eigenvalue weighted by Gasteiger charge is -2.29. The SMILES string of the molecule is CCC(C(=O)O)C(C)(O)c1ccc(S(C)(=O)=O)cc1. The van der Waals surface area contributed by atoms with E-state index in [1.807, 2.05) is 0 Å². The highest BCUT2D eigenvalue weighted by molar-refractivity contribution is 7.90. The molecule has 0 heterocycles. The van der Waals surface area contributed by atoms with Gasteiger partial charge >= 0.3 is 5.97 Å². The monoisotopic (exact) mass is 286 g/mol. The molecule has 1 aromatic rings. The van der Waals surface area contributed by atoms with Gasteiger partial charge in [0.05, 0.1) is 10.8 Å². The van der Waals surface area contributed by atoms with Crippen molar-refractivity contribution in [2.45, 2.75) is 30.8 Å².